The second-order valence-corrected chi connectivity index (χ2v) is 7.08. The van der Waals surface area contributed by atoms with Gasteiger partial charge in [0, 0.05) is 24.3 Å². The van der Waals surface area contributed by atoms with Crippen molar-refractivity contribution in [2.45, 2.75) is 18.9 Å². The highest BCUT2D eigenvalue weighted by Crippen LogP contribution is 2.28. The van der Waals surface area contributed by atoms with E-state index in [1.54, 1.807) is 4.90 Å². The van der Waals surface area contributed by atoms with Crippen molar-refractivity contribution in [1.82, 2.24) is 5.32 Å². The molecule has 0 bridgehead atoms. The summed E-state index contributed by atoms with van der Waals surface area (Å²) >= 11 is 0. The highest BCUT2D eigenvalue weighted by Gasteiger charge is 2.31. The predicted octanol–water partition coefficient (Wildman–Crippen LogP) is 4.01. The molecule has 29 heavy (non-hydrogen) atoms. The number of urea groups is 1. The first-order chi connectivity index (χ1) is 14.2. The number of benzene rings is 3. The van der Waals surface area contributed by atoms with Gasteiger partial charge in [0.25, 0.3) is 0 Å². The molecule has 1 aliphatic heterocycles. The fourth-order valence-corrected chi connectivity index (χ4v) is 3.65. The first-order valence-corrected chi connectivity index (χ1v) is 9.76. The lowest BCUT2D eigenvalue weighted by atomic mass is 10.0. The van der Waals surface area contributed by atoms with Gasteiger partial charge in [0.05, 0.1) is 0 Å². The molecule has 1 aliphatic rings. The second-order valence-electron chi connectivity index (χ2n) is 7.08. The van der Waals surface area contributed by atoms with Gasteiger partial charge in [-0.2, -0.15) is 0 Å². The van der Waals surface area contributed by atoms with Crippen molar-refractivity contribution in [3.8, 4) is 0 Å². The number of carbonyl (C=O) groups excluding carboxylic acids is 2. The number of fused-ring (bicyclic) bond motifs is 1. The monoisotopic (exact) mass is 385 g/mol. The quantitative estimate of drug-likeness (QED) is 0.697. The smallest absolute Gasteiger partial charge is 0.319 e. The highest BCUT2D eigenvalue weighted by atomic mass is 16.2. The second kappa shape index (κ2) is 8.61. The molecular formula is C24H23N3O2. The van der Waals surface area contributed by atoms with E-state index in [1.165, 1.54) is 0 Å². The summed E-state index contributed by atoms with van der Waals surface area (Å²) in [6.45, 7) is 0.630. The van der Waals surface area contributed by atoms with Crippen molar-refractivity contribution in [3.05, 3.63) is 96.1 Å². The number of nitrogens with one attached hydrogen (secondary N) is 2. The van der Waals surface area contributed by atoms with Gasteiger partial charge in [0.2, 0.25) is 5.91 Å². The lowest BCUT2D eigenvalue weighted by molar-refractivity contribution is -0.120. The third kappa shape index (κ3) is 4.46. The van der Waals surface area contributed by atoms with Crippen molar-refractivity contribution in [1.29, 1.82) is 0 Å². The van der Waals surface area contributed by atoms with Gasteiger partial charge in [0.15, 0.2) is 0 Å². The lowest BCUT2D eigenvalue weighted by Crippen LogP contribution is -2.50. The van der Waals surface area contributed by atoms with E-state index in [0.29, 0.717) is 18.7 Å². The minimum atomic E-state index is -0.660. The van der Waals surface area contributed by atoms with Crippen molar-refractivity contribution < 1.29 is 9.59 Å². The molecule has 0 saturated carbocycles. The van der Waals surface area contributed by atoms with Gasteiger partial charge in [-0.1, -0.05) is 66.7 Å². The topological polar surface area (TPSA) is 61.4 Å². The van der Waals surface area contributed by atoms with Gasteiger partial charge in [-0.15, -0.1) is 0 Å². The molecule has 1 atom stereocenters. The molecule has 3 aromatic carbocycles. The fourth-order valence-electron chi connectivity index (χ4n) is 3.65. The average Bonchev–Trinajstić information content (AvgIpc) is 3.18. The third-order valence-electron chi connectivity index (χ3n) is 5.07. The van der Waals surface area contributed by atoms with Crippen LogP contribution in [0.1, 0.15) is 11.1 Å². The maximum absolute atomic E-state index is 13.4. The van der Waals surface area contributed by atoms with E-state index in [2.05, 4.69) is 10.6 Å². The number of hydrogen-bond acceptors (Lipinski definition) is 2. The van der Waals surface area contributed by atoms with Crippen LogP contribution in [0.5, 0.6) is 0 Å². The largest absolute Gasteiger partial charge is 0.326 e. The number of anilines is 2. The van der Waals surface area contributed by atoms with Crippen molar-refractivity contribution >= 4 is 23.3 Å². The molecule has 0 saturated heterocycles. The number of para-hydroxylation sites is 2. The molecule has 0 unspecified atom stereocenters. The van der Waals surface area contributed by atoms with E-state index in [0.717, 1.165) is 23.2 Å². The minimum Gasteiger partial charge on any atom is -0.326 e. The van der Waals surface area contributed by atoms with Crippen molar-refractivity contribution in [2.24, 2.45) is 0 Å². The van der Waals surface area contributed by atoms with Crippen LogP contribution in [-0.2, 0) is 17.6 Å². The van der Waals surface area contributed by atoms with Gasteiger partial charge in [0.1, 0.15) is 6.04 Å². The summed E-state index contributed by atoms with van der Waals surface area (Å²) in [5.74, 6) is -0.0954. The van der Waals surface area contributed by atoms with E-state index in [4.69, 9.17) is 0 Å². The van der Waals surface area contributed by atoms with Crippen LogP contribution in [0.15, 0.2) is 84.9 Å². The van der Waals surface area contributed by atoms with Crippen LogP contribution in [0.3, 0.4) is 0 Å². The van der Waals surface area contributed by atoms with Crippen LogP contribution < -0.4 is 15.5 Å². The van der Waals surface area contributed by atoms with Crippen LogP contribution in [0.25, 0.3) is 0 Å². The molecule has 5 heteroatoms. The van der Waals surface area contributed by atoms with Crippen LogP contribution in [0.2, 0.25) is 0 Å². The predicted molar refractivity (Wildman–Crippen MR) is 115 cm³/mol. The molecule has 3 aromatic rings. The van der Waals surface area contributed by atoms with Gasteiger partial charge < -0.3 is 15.5 Å². The summed E-state index contributed by atoms with van der Waals surface area (Å²) < 4.78 is 0. The van der Waals surface area contributed by atoms with E-state index >= 15 is 0 Å². The zero-order valence-corrected chi connectivity index (χ0v) is 16.0. The number of hydrogen-bond donors (Lipinski definition) is 2. The Bertz CT molecular complexity index is 989. The minimum absolute atomic E-state index is 0.0954. The fraction of sp³-hybridized carbons (Fsp3) is 0.167. The summed E-state index contributed by atoms with van der Waals surface area (Å²) in [4.78, 5) is 27.8. The first kappa shape index (κ1) is 18.7. The van der Waals surface area contributed by atoms with E-state index in [9.17, 15) is 9.59 Å². The molecule has 0 spiro atoms. The molecule has 146 valence electrons. The van der Waals surface area contributed by atoms with Crippen molar-refractivity contribution in [2.75, 3.05) is 16.8 Å². The highest BCUT2D eigenvalue weighted by molar-refractivity contribution is 6.02. The first-order valence-electron chi connectivity index (χ1n) is 9.76. The number of nitrogens with zero attached hydrogens (tertiary/aromatic N) is 1. The summed E-state index contributed by atoms with van der Waals surface area (Å²) in [5.41, 5.74) is 3.77. The normalized spacial score (nSPS) is 13.4. The molecule has 0 aliphatic carbocycles. The van der Waals surface area contributed by atoms with Crippen LogP contribution in [0.4, 0.5) is 16.2 Å². The Morgan fingerprint density at radius 1 is 0.862 bits per heavy atom. The lowest BCUT2D eigenvalue weighted by Gasteiger charge is -2.25. The van der Waals surface area contributed by atoms with E-state index in [1.807, 2.05) is 84.9 Å². The average molecular weight is 385 g/mol. The Labute approximate surface area is 170 Å². The Morgan fingerprint density at radius 3 is 2.28 bits per heavy atom. The molecule has 0 radical (unpaired) electrons. The Morgan fingerprint density at radius 2 is 1.52 bits per heavy atom. The molecule has 1 heterocycles. The zero-order valence-electron chi connectivity index (χ0n) is 16.0. The molecule has 0 aromatic heterocycles. The Hall–Kier alpha value is -3.60. The number of carbonyl (C=O) groups is 2. The van der Waals surface area contributed by atoms with Gasteiger partial charge in [-0.05, 0) is 35.7 Å². The molecular weight excluding hydrogens is 362 g/mol. The van der Waals surface area contributed by atoms with E-state index in [-0.39, 0.29) is 5.91 Å². The molecule has 4 rings (SSSR count). The molecule has 2 N–H and O–H groups in total. The summed E-state index contributed by atoms with van der Waals surface area (Å²) in [5, 5.41) is 5.68. The molecule has 5 nitrogen and oxygen atoms in total. The maximum atomic E-state index is 13.4. The van der Waals surface area contributed by atoms with Gasteiger partial charge in [-0.3, -0.25) is 4.79 Å². The summed E-state index contributed by atoms with van der Waals surface area (Å²) in [6, 6.07) is 25.8. The molecule has 0 fully saturated rings. The van der Waals surface area contributed by atoms with Gasteiger partial charge in [-0.25, -0.2) is 4.79 Å². The van der Waals surface area contributed by atoms with Gasteiger partial charge >= 0.3 is 6.03 Å². The summed E-state index contributed by atoms with van der Waals surface area (Å²) in [6.07, 6.45) is 1.26. The van der Waals surface area contributed by atoms with Crippen LogP contribution in [-0.4, -0.2) is 24.5 Å². The third-order valence-corrected chi connectivity index (χ3v) is 5.07. The SMILES string of the molecule is O=C(Nc1ccccc1)N[C@H](Cc1ccccc1)C(=O)N1CCc2ccccc21. The maximum Gasteiger partial charge on any atom is 0.319 e. The molecule has 3 amide bonds. The zero-order chi connectivity index (χ0) is 20.1. The van der Waals surface area contributed by atoms with Crippen LogP contribution in [0, 0.1) is 0 Å². The Kier molecular flexibility index (Phi) is 5.56. The van der Waals surface area contributed by atoms with Crippen LogP contribution >= 0.6 is 0 Å². The standard InChI is InChI=1S/C24H23N3O2/c28-23(27-16-15-19-11-7-8-14-22(19)27)21(17-18-9-3-1-4-10-18)26-24(29)25-20-12-5-2-6-13-20/h1-14,21H,15-17H2,(H2,25,26,29)/t21-/m1/s1. The summed E-state index contributed by atoms with van der Waals surface area (Å²) in [7, 11) is 0. The number of amides is 3. The van der Waals surface area contributed by atoms with Crippen molar-refractivity contribution in [3.63, 3.8) is 0 Å². The van der Waals surface area contributed by atoms with E-state index < -0.39 is 12.1 Å². The number of rotatable bonds is 5. The Balaban J connectivity index is 1.53.